The second-order valence-electron chi connectivity index (χ2n) is 6.47. The molecule has 1 unspecified atom stereocenters. The molecule has 2 aromatic rings. The van der Waals surface area contributed by atoms with Gasteiger partial charge in [-0.2, -0.15) is 0 Å². The van der Waals surface area contributed by atoms with Gasteiger partial charge in [-0.1, -0.05) is 30.1 Å². The number of benzene rings is 1. The lowest BCUT2D eigenvalue weighted by molar-refractivity contribution is 0.0677. The van der Waals surface area contributed by atoms with Crippen molar-refractivity contribution in [3.63, 3.8) is 0 Å². The highest BCUT2D eigenvalue weighted by molar-refractivity contribution is 6.42. The zero-order valence-corrected chi connectivity index (χ0v) is 15.7. The van der Waals surface area contributed by atoms with Gasteiger partial charge in [0, 0.05) is 24.5 Å². The van der Waals surface area contributed by atoms with Crippen LogP contribution in [0.1, 0.15) is 35.9 Å². The molecule has 25 heavy (non-hydrogen) atoms. The molecule has 0 aliphatic carbocycles. The number of rotatable bonds is 3. The number of anilines is 2. The van der Waals surface area contributed by atoms with E-state index in [4.69, 9.17) is 23.2 Å². The zero-order valence-electron chi connectivity index (χ0n) is 14.2. The highest BCUT2D eigenvalue weighted by Crippen LogP contribution is 2.26. The molecule has 1 atom stereocenters. The number of halogens is 2. The fourth-order valence-corrected chi connectivity index (χ4v) is 3.27. The Bertz CT molecular complexity index is 797. The molecule has 5 nitrogen and oxygen atoms in total. The maximum absolute atomic E-state index is 12.8. The van der Waals surface area contributed by atoms with E-state index in [-0.39, 0.29) is 5.91 Å². The molecule has 0 spiro atoms. The number of nitrogens with zero attached hydrogens (tertiary/aromatic N) is 3. The summed E-state index contributed by atoms with van der Waals surface area (Å²) in [6, 6.07) is 6.90. The van der Waals surface area contributed by atoms with Crippen LogP contribution in [0.25, 0.3) is 0 Å². The van der Waals surface area contributed by atoms with Gasteiger partial charge in [-0.25, -0.2) is 9.97 Å². The summed E-state index contributed by atoms with van der Waals surface area (Å²) in [5, 5.41) is 4.01. The fraction of sp³-hybridized carbons (Fsp3) is 0.389. The van der Waals surface area contributed by atoms with Gasteiger partial charge in [0.25, 0.3) is 5.91 Å². The Hall–Kier alpha value is -1.85. The number of carbonyl (C=O) groups is 1. The second kappa shape index (κ2) is 7.58. The monoisotopic (exact) mass is 378 g/mol. The Balaban J connectivity index is 1.82. The molecular formula is C18H20Cl2N4O. The molecule has 0 bridgehead atoms. The lowest BCUT2D eigenvalue weighted by atomic mass is 10.00. The van der Waals surface area contributed by atoms with E-state index in [1.54, 1.807) is 24.3 Å². The topological polar surface area (TPSA) is 58.1 Å². The van der Waals surface area contributed by atoms with Crippen LogP contribution in [0.3, 0.4) is 0 Å². The van der Waals surface area contributed by atoms with Crippen LogP contribution < -0.4 is 5.32 Å². The van der Waals surface area contributed by atoms with E-state index in [2.05, 4.69) is 22.2 Å². The smallest absolute Gasteiger partial charge is 0.272 e. The maximum atomic E-state index is 12.8. The average molecular weight is 379 g/mol. The number of hydrogen-bond acceptors (Lipinski definition) is 4. The van der Waals surface area contributed by atoms with Crippen molar-refractivity contribution in [3.8, 4) is 0 Å². The van der Waals surface area contributed by atoms with Crippen LogP contribution in [0.4, 0.5) is 11.6 Å². The summed E-state index contributed by atoms with van der Waals surface area (Å²) in [7, 11) is 0. The number of aryl methyl sites for hydroxylation is 1. The lowest BCUT2D eigenvalue weighted by Crippen LogP contribution is -2.39. The number of piperidine rings is 1. The van der Waals surface area contributed by atoms with E-state index in [0.717, 1.165) is 31.6 Å². The number of amides is 1. The van der Waals surface area contributed by atoms with Gasteiger partial charge in [-0.05, 0) is 49.9 Å². The van der Waals surface area contributed by atoms with Crippen molar-refractivity contribution < 1.29 is 4.79 Å². The van der Waals surface area contributed by atoms with E-state index in [1.165, 1.54) is 0 Å². The van der Waals surface area contributed by atoms with Crippen molar-refractivity contribution >= 4 is 40.7 Å². The number of likely N-dealkylation sites (tertiary alicyclic amines) is 1. The molecule has 1 amide bonds. The molecule has 1 saturated heterocycles. The third-order valence-corrected chi connectivity index (χ3v) is 4.93. The first-order valence-corrected chi connectivity index (χ1v) is 9.05. The average Bonchev–Trinajstić information content (AvgIpc) is 2.57. The molecular weight excluding hydrogens is 359 g/mol. The van der Waals surface area contributed by atoms with E-state index < -0.39 is 0 Å². The molecule has 7 heteroatoms. The molecule has 1 N–H and O–H groups in total. The van der Waals surface area contributed by atoms with Crippen molar-refractivity contribution in [1.29, 1.82) is 0 Å². The molecule has 3 rings (SSSR count). The molecule has 1 aromatic carbocycles. The summed E-state index contributed by atoms with van der Waals surface area (Å²) in [6.07, 6.45) is 2.20. The molecule has 1 aliphatic rings. The molecule has 0 saturated carbocycles. The summed E-state index contributed by atoms with van der Waals surface area (Å²) in [4.78, 5) is 23.4. The van der Waals surface area contributed by atoms with Crippen molar-refractivity contribution in [1.82, 2.24) is 14.9 Å². The molecule has 1 fully saturated rings. The third kappa shape index (κ3) is 4.41. The summed E-state index contributed by atoms with van der Waals surface area (Å²) in [5.74, 6) is 0.843. The predicted octanol–water partition coefficient (Wildman–Crippen LogP) is 4.71. The third-order valence-electron chi connectivity index (χ3n) is 4.19. The molecule has 132 valence electrons. The van der Waals surface area contributed by atoms with E-state index in [0.29, 0.717) is 33.3 Å². The summed E-state index contributed by atoms with van der Waals surface area (Å²) < 4.78 is 0. The molecule has 0 radical (unpaired) electrons. The standard InChI is InChI=1S/C18H20Cl2N4O/c1-11-4-3-7-24(10-11)17(25)16-8-12(2)21-18(23-16)22-13-5-6-14(19)15(20)9-13/h5-6,8-9,11H,3-4,7,10H2,1-2H3,(H,21,22,23). The largest absolute Gasteiger partial charge is 0.337 e. The van der Waals surface area contributed by atoms with Crippen LogP contribution in [0, 0.1) is 12.8 Å². The van der Waals surface area contributed by atoms with Gasteiger partial charge < -0.3 is 10.2 Å². The van der Waals surface area contributed by atoms with Gasteiger partial charge in [0.2, 0.25) is 5.95 Å². The Morgan fingerprint density at radius 2 is 2.04 bits per heavy atom. The van der Waals surface area contributed by atoms with Crippen LogP contribution in [0.2, 0.25) is 10.0 Å². The minimum Gasteiger partial charge on any atom is -0.337 e. The maximum Gasteiger partial charge on any atom is 0.272 e. The van der Waals surface area contributed by atoms with Gasteiger partial charge in [-0.3, -0.25) is 4.79 Å². The second-order valence-corrected chi connectivity index (χ2v) is 7.29. The summed E-state index contributed by atoms with van der Waals surface area (Å²) >= 11 is 12.0. The summed E-state index contributed by atoms with van der Waals surface area (Å²) in [6.45, 7) is 5.57. The van der Waals surface area contributed by atoms with Crippen LogP contribution in [0.15, 0.2) is 24.3 Å². The van der Waals surface area contributed by atoms with E-state index in [1.807, 2.05) is 11.8 Å². The first kappa shape index (κ1) is 18.0. The fourth-order valence-electron chi connectivity index (χ4n) is 2.97. The highest BCUT2D eigenvalue weighted by atomic mass is 35.5. The van der Waals surface area contributed by atoms with Crippen LogP contribution in [0.5, 0.6) is 0 Å². The van der Waals surface area contributed by atoms with Gasteiger partial charge in [0.15, 0.2) is 0 Å². The summed E-state index contributed by atoms with van der Waals surface area (Å²) in [5.41, 5.74) is 1.85. The van der Waals surface area contributed by atoms with Gasteiger partial charge in [0.1, 0.15) is 5.69 Å². The Labute approximate surface area is 157 Å². The highest BCUT2D eigenvalue weighted by Gasteiger charge is 2.23. The molecule has 1 aliphatic heterocycles. The van der Waals surface area contributed by atoms with Gasteiger partial charge in [0.05, 0.1) is 10.0 Å². The number of hydrogen-bond donors (Lipinski definition) is 1. The minimum atomic E-state index is -0.0470. The van der Waals surface area contributed by atoms with Crippen molar-refractivity contribution in [2.45, 2.75) is 26.7 Å². The number of aromatic nitrogens is 2. The van der Waals surface area contributed by atoms with Crippen molar-refractivity contribution in [2.24, 2.45) is 5.92 Å². The Kier molecular flexibility index (Phi) is 5.45. The predicted molar refractivity (Wildman–Crippen MR) is 101 cm³/mol. The van der Waals surface area contributed by atoms with Crippen LogP contribution in [-0.2, 0) is 0 Å². The van der Waals surface area contributed by atoms with E-state index in [9.17, 15) is 4.79 Å². The van der Waals surface area contributed by atoms with Crippen LogP contribution in [-0.4, -0.2) is 33.9 Å². The van der Waals surface area contributed by atoms with Crippen molar-refractivity contribution in [2.75, 3.05) is 18.4 Å². The van der Waals surface area contributed by atoms with Gasteiger partial charge in [-0.15, -0.1) is 0 Å². The van der Waals surface area contributed by atoms with Crippen molar-refractivity contribution in [3.05, 3.63) is 45.7 Å². The Morgan fingerprint density at radius 3 is 2.76 bits per heavy atom. The zero-order chi connectivity index (χ0) is 18.0. The number of carbonyl (C=O) groups excluding carboxylic acids is 1. The number of nitrogens with one attached hydrogen (secondary N) is 1. The first-order chi connectivity index (χ1) is 11.9. The SMILES string of the molecule is Cc1cc(C(=O)N2CCCC(C)C2)nc(Nc2ccc(Cl)c(Cl)c2)n1. The minimum absolute atomic E-state index is 0.0470. The first-order valence-electron chi connectivity index (χ1n) is 8.29. The van der Waals surface area contributed by atoms with Gasteiger partial charge >= 0.3 is 0 Å². The quantitative estimate of drug-likeness (QED) is 0.839. The Morgan fingerprint density at radius 1 is 1.24 bits per heavy atom. The lowest BCUT2D eigenvalue weighted by Gasteiger charge is -2.30. The van der Waals surface area contributed by atoms with E-state index >= 15 is 0 Å². The molecule has 2 heterocycles. The molecule has 1 aromatic heterocycles. The normalized spacial score (nSPS) is 17.4. The van der Waals surface area contributed by atoms with Crippen LogP contribution >= 0.6 is 23.2 Å².